The Morgan fingerprint density at radius 1 is 1.53 bits per heavy atom. The van der Waals surface area contributed by atoms with E-state index < -0.39 is 0 Å². The van der Waals surface area contributed by atoms with E-state index >= 15 is 0 Å². The minimum atomic E-state index is -0.0348. The minimum absolute atomic E-state index is 0.0325. The molecule has 2 heterocycles. The van der Waals surface area contributed by atoms with E-state index in [-0.39, 0.29) is 18.0 Å². The minimum Gasteiger partial charge on any atom is -0.347 e. The molecule has 0 bridgehead atoms. The number of aromatic nitrogens is 1. The van der Waals surface area contributed by atoms with Crippen molar-refractivity contribution in [3.05, 3.63) is 30.1 Å². The van der Waals surface area contributed by atoms with Crippen LogP contribution in [0.3, 0.4) is 0 Å². The van der Waals surface area contributed by atoms with Crippen molar-refractivity contribution in [2.45, 2.75) is 38.3 Å². The number of carbonyl (C=O) groups excluding carboxylic acids is 1. The van der Waals surface area contributed by atoms with E-state index in [1.165, 1.54) is 6.42 Å². The van der Waals surface area contributed by atoms with Crippen molar-refractivity contribution in [3.8, 4) is 0 Å². The molecule has 1 amide bonds. The Kier molecular flexibility index (Phi) is 4.09. The third-order valence-electron chi connectivity index (χ3n) is 3.12. The molecule has 0 aromatic carbocycles. The van der Waals surface area contributed by atoms with Gasteiger partial charge >= 0.3 is 0 Å². The van der Waals surface area contributed by atoms with Gasteiger partial charge in [0.25, 0.3) is 0 Å². The van der Waals surface area contributed by atoms with E-state index in [1.807, 2.05) is 25.1 Å². The fourth-order valence-electron chi connectivity index (χ4n) is 2.10. The number of amides is 1. The van der Waals surface area contributed by atoms with Crippen LogP contribution in [0.2, 0.25) is 0 Å². The summed E-state index contributed by atoms with van der Waals surface area (Å²) in [6.45, 7) is 2.90. The van der Waals surface area contributed by atoms with Crippen LogP contribution in [0.4, 0.5) is 0 Å². The number of nitrogens with one attached hydrogen (secondary N) is 2. The number of pyridine rings is 1. The van der Waals surface area contributed by atoms with Gasteiger partial charge in [-0.1, -0.05) is 12.5 Å². The zero-order valence-corrected chi connectivity index (χ0v) is 10.1. The fraction of sp³-hybridized carbons (Fsp3) is 0.538. The van der Waals surface area contributed by atoms with Gasteiger partial charge in [0.05, 0.1) is 17.8 Å². The van der Waals surface area contributed by atoms with Gasteiger partial charge in [-0.05, 0) is 38.4 Å². The second-order valence-electron chi connectivity index (χ2n) is 4.49. The molecule has 0 unspecified atom stereocenters. The van der Waals surface area contributed by atoms with Crippen molar-refractivity contribution in [2.75, 3.05) is 6.54 Å². The van der Waals surface area contributed by atoms with Crippen molar-refractivity contribution < 1.29 is 4.79 Å². The lowest BCUT2D eigenvalue weighted by molar-refractivity contribution is -0.124. The summed E-state index contributed by atoms with van der Waals surface area (Å²) in [5.41, 5.74) is 0.900. The highest BCUT2D eigenvalue weighted by Gasteiger charge is 2.22. The van der Waals surface area contributed by atoms with E-state index in [2.05, 4.69) is 15.6 Å². The molecule has 2 rings (SSSR count). The first-order valence-corrected chi connectivity index (χ1v) is 6.22. The SMILES string of the molecule is C[C@H](NC(=O)[C@@H]1CCCCN1)c1ccccn1. The van der Waals surface area contributed by atoms with Crippen molar-refractivity contribution in [1.82, 2.24) is 15.6 Å². The Balaban J connectivity index is 1.89. The normalized spacial score (nSPS) is 21.8. The van der Waals surface area contributed by atoms with Gasteiger partial charge in [0, 0.05) is 6.20 Å². The molecule has 17 heavy (non-hydrogen) atoms. The number of rotatable bonds is 3. The van der Waals surface area contributed by atoms with E-state index in [4.69, 9.17) is 0 Å². The lowest BCUT2D eigenvalue weighted by atomic mass is 10.0. The van der Waals surface area contributed by atoms with Crippen molar-refractivity contribution in [1.29, 1.82) is 0 Å². The van der Waals surface area contributed by atoms with Crippen LogP contribution in [-0.4, -0.2) is 23.5 Å². The van der Waals surface area contributed by atoms with Gasteiger partial charge in [-0.3, -0.25) is 9.78 Å². The molecule has 1 saturated heterocycles. The standard InChI is InChI=1S/C13H19N3O/c1-10(11-6-2-4-8-14-11)16-13(17)12-7-3-5-9-15-12/h2,4,6,8,10,12,15H,3,5,7,9H2,1H3,(H,16,17)/t10-,12-/m0/s1. The summed E-state index contributed by atoms with van der Waals surface area (Å²) in [5, 5.41) is 6.25. The highest BCUT2D eigenvalue weighted by Crippen LogP contribution is 2.11. The van der Waals surface area contributed by atoms with Crippen LogP contribution in [0.1, 0.15) is 37.9 Å². The number of hydrogen-bond acceptors (Lipinski definition) is 3. The van der Waals surface area contributed by atoms with Crippen LogP contribution in [-0.2, 0) is 4.79 Å². The summed E-state index contributed by atoms with van der Waals surface area (Å²) in [6, 6.07) is 5.67. The van der Waals surface area contributed by atoms with Crippen LogP contribution in [0, 0.1) is 0 Å². The number of carbonyl (C=O) groups is 1. The summed E-state index contributed by atoms with van der Waals surface area (Å²) in [4.78, 5) is 16.2. The van der Waals surface area contributed by atoms with E-state index in [0.29, 0.717) is 0 Å². The predicted molar refractivity (Wildman–Crippen MR) is 66.4 cm³/mol. The molecule has 0 radical (unpaired) electrons. The van der Waals surface area contributed by atoms with Crippen LogP contribution in [0.15, 0.2) is 24.4 Å². The molecule has 92 valence electrons. The molecule has 1 fully saturated rings. The molecule has 4 heteroatoms. The summed E-state index contributed by atoms with van der Waals surface area (Å²) in [7, 11) is 0. The lowest BCUT2D eigenvalue weighted by Gasteiger charge is -2.24. The maximum absolute atomic E-state index is 12.0. The third kappa shape index (κ3) is 3.27. The smallest absolute Gasteiger partial charge is 0.237 e. The molecule has 0 spiro atoms. The molecule has 2 atom stereocenters. The highest BCUT2D eigenvalue weighted by molar-refractivity contribution is 5.82. The van der Waals surface area contributed by atoms with E-state index in [9.17, 15) is 4.79 Å². The molecular weight excluding hydrogens is 214 g/mol. The maximum Gasteiger partial charge on any atom is 0.237 e. The van der Waals surface area contributed by atoms with Gasteiger partial charge in [0.2, 0.25) is 5.91 Å². The summed E-state index contributed by atoms with van der Waals surface area (Å²) in [6.07, 6.45) is 4.97. The quantitative estimate of drug-likeness (QED) is 0.829. The Bertz CT molecular complexity index is 360. The third-order valence-corrected chi connectivity index (χ3v) is 3.12. The van der Waals surface area contributed by atoms with E-state index in [0.717, 1.165) is 25.1 Å². The molecular formula is C13H19N3O. The van der Waals surface area contributed by atoms with Crippen LogP contribution < -0.4 is 10.6 Å². The van der Waals surface area contributed by atoms with Gasteiger partial charge in [-0.25, -0.2) is 0 Å². The van der Waals surface area contributed by atoms with Gasteiger partial charge in [-0.2, -0.15) is 0 Å². The Morgan fingerprint density at radius 3 is 3.06 bits per heavy atom. The molecule has 4 nitrogen and oxygen atoms in total. The zero-order valence-electron chi connectivity index (χ0n) is 10.1. The zero-order chi connectivity index (χ0) is 12.1. The second kappa shape index (κ2) is 5.77. The molecule has 1 aliphatic rings. The molecule has 1 aromatic rings. The Morgan fingerprint density at radius 2 is 2.41 bits per heavy atom. The van der Waals surface area contributed by atoms with Gasteiger partial charge < -0.3 is 10.6 Å². The first-order chi connectivity index (χ1) is 8.27. The first kappa shape index (κ1) is 12.0. The van der Waals surface area contributed by atoms with Gasteiger partial charge in [-0.15, -0.1) is 0 Å². The lowest BCUT2D eigenvalue weighted by Crippen LogP contribution is -2.47. The maximum atomic E-state index is 12.0. The average molecular weight is 233 g/mol. The topological polar surface area (TPSA) is 54.0 Å². The van der Waals surface area contributed by atoms with Gasteiger partial charge in [0.1, 0.15) is 0 Å². The number of piperidine rings is 1. The fourth-order valence-corrected chi connectivity index (χ4v) is 2.10. The molecule has 1 aliphatic heterocycles. The largest absolute Gasteiger partial charge is 0.347 e. The van der Waals surface area contributed by atoms with Crippen molar-refractivity contribution >= 4 is 5.91 Å². The molecule has 2 N–H and O–H groups in total. The van der Waals surface area contributed by atoms with Crippen LogP contribution in [0.5, 0.6) is 0 Å². The van der Waals surface area contributed by atoms with Crippen LogP contribution in [0.25, 0.3) is 0 Å². The van der Waals surface area contributed by atoms with Crippen molar-refractivity contribution in [3.63, 3.8) is 0 Å². The Labute approximate surface area is 102 Å². The monoisotopic (exact) mass is 233 g/mol. The van der Waals surface area contributed by atoms with E-state index in [1.54, 1.807) is 6.20 Å². The predicted octanol–water partition coefficient (Wildman–Crippen LogP) is 1.40. The van der Waals surface area contributed by atoms with Crippen LogP contribution >= 0.6 is 0 Å². The molecule has 0 aliphatic carbocycles. The molecule has 0 saturated carbocycles. The number of hydrogen-bond donors (Lipinski definition) is 2. The number of nitrogens with zero attached hydrogens (tertiary/aromatic N) is 1. The summed E-state index contributed by atoms with van der Waals surface area (Å²) < 4.78 is 0. The Hall–Kier alpha value is -1.42. The first-order valence-electron chi connectivity index (χ1n) is 6.22. The van der Waals surface area contributed by atoms with Crippen molar-refractivity contribution in [2.24, 2.45) is 0 Å². The summed E-state index contributed by atoms with van der Waals surface area (Å²) in [5.74, 6) is 0.0860. The molecule has 1 aromatic heterocycles. The second-order valence-corrected chi connectivity index (χ2v) is 4.49. The summed E-state index contributed by atoms with van der Waals surface area (Å²) >= 11 is 0. The average Bonchev–Trinajstić information content (AvgIpc) is 2.40. The highest BCUT2D eigenvalue weighted by atomic mass is 16.2. The van der Waals surface area contributed by atoms with Gasteiger partial charge in [0.15, 0.2) is 0 Å².